The van der Waals surface area contributed by atoms with Gasteiger partial charge in [-0.15, -0.1) is 0 Å². The van der Waals surface area contributed by atoms with Crippen LogP contribution in [0.4, 0.5) is 4.39 Å². The number of benzene rings is 3. The first-order valence-electron chi connectivity index (χ1n) is 9.33. The third-order valence-corrected chi connectivity index (χ3v) is 6.70. The van der Waals surface area contributed by atoms with Gasteiger partial charge in [0.05, 0.1) is 34.1 Å². The second-order valence-corrected chi connectivity index (χ2v) is 8.96. The van der Waals surface area contributed by atoms with Gasteiger partial charge in [0.25, 0.3) is 0 Å². The van der Waals surface area contributed by atoms with E-state index >= 15 is 0 Å². The van der Waals surface area contributed by atoms with Crippen molar-refractivity contribution in [2.45, 2.75) is 16.7 Å². The summed E-state index contributed by atoms with van der Waals surface area (Å²) >= 11 is 0. The first-order chi connectivity index (χ1) is 14.8. The molecule has 3 aromatic carbocycles. The predicted octanol–water partition coefficient (Wildman–Crippen LogP) is 5.06. The van der Waals surface area contributed by atoms with Crippen LogP contribution >= 0.6 is 0 Å². The summed E-state index contributed by atoms with van der Waals surface area (Å²) < 4.78 is 46.4. The summed E-state index contributed by atoms with van der Waals surface area (Å²) in [5.41, 5.74) is 2.44. The molecule has 0 saturated heterocycles. The number of methoxy groups -OCH3 is 1. The van der Waals surface area contributed by atoms with Crippen LogP contribution in [0.5, 0.6) is 5.75 Å². The Morgan fingerprint density at radius 3 is 2.61 bits per heavy atom. The maximum Gasteiger partial charge on any atom is 0.208 e. The lowest BCUT2D eigenvalue weighted by molar-refractivity contribution is 0.414. The van der Waals surface area contributed by atoms with Gasteiger partial charge in [-0.2, -0.15) is 5.26 Å². The van der Waals surface area contributed by atoms with Gasteiger partial charge in [0.1, 0.15) is 11.6 Å². The molecule has 0 amide bonds. The monoisotopic (exact) mass is 432 g/mol. The number of hydrogen-bond acceptors (Lipinski definition) is 5. The lowest BCUT2D eigenvalue weighted by atomic mass is 9.99. The second-order valence-electron chi connectivity index (χ2n) is 7.04. The molecular formula is C24H17FN2O3S. The molecule has 5 nitrogen and oxygen atoms in total. The summed E-state index contributed by atoms with van der Waals surface area (Å²) in [6.07, 6.45) is 1.24. The van der Waals surface area contributed by atoms with Crippen molar-refractivity contribution in [3.63, 3.8) is 0 Å². The Morgan fingerprint density at radius 2 is 1.87 bits per heavy atom. The topological polar surface area (TPSA) is 80.0 Å². The Morgan fingerprint density at radius 1 is 1.06 bits per heavy atom. The van der Waals surface area contributed by atoms with E-state index in [4.69, 9.17) is 4.74 Å². The molecule has 0 radical (unpaired) electrons. The molecule has 31 heavy (non-hydrogen) atoms. The van der Waals surface area contributed by atoms with Crippen LogP contribution in [0.1, 0.15) is 11.1 Å². The molecule has 1 heterocycles. The van der Waals surface area contributed by atoms with Gasteiger partial charge in [0.15, 0.2) is 0 Å². The van der Waals surface area contributed by atoms with E-state index < -0.39 is 15.7 Å². The Bertz CT molecular complexity index is 1470. The van der Waals surface area contributed by atoms with Gasteiger partial charge in [-0.25, -0.2) is 12.8 Å². The molecule has 0 unspecified atom stereocenters. The van der Waals surface area contributed by atoms with E-state index in [9.17, 15) is 18.1 Å². The van der Waals surface area contributed by atoms with Gasteiger partial charge in [-0.05, 0) is 60.5 Å². The van der Waals surface area contributed by atoms with Crippen LogP contribution in [-0.4, -0.2) is 20.5 Å². The van der Waals surface area contributed by atoms with Gasteiger partial charge in [-0.3, -0.25) is 4.98 Å². The van der Waals surface area contributed by atoms with E-state index in [2.05, 4.69) is 4.98 Å². The van der Waals surface area contributed by atoms with Crippen LogP contribution in [0.3, 0.4) is 0 Å². The largest absolute Gasteiger partial charge is 0.497 e. The minimum atomic E-state index is -4.03. The molecule has 0 bridgehead atoms. The predicted molar refractivity (Wildman–Crippen MR) is 115 cm³/mol. The van der Waals surface area contributed by atoms with Crippen LogP contribution in [0.25, 0.3) is 22.0 Å². The number of aryl methyl sites for hydroxylation is 1. The van der Waals surface area contributed by atoms with E-state index in [0.717, 1.165) is 5.56 Å². The third-order valence-electron chi connectivity index (χ3n) is 4.93. The second kappa shape index (κ2) is 7.82. The fourth-order valence-electron chi connectivity index (χ4n) is 3.52. The maximum atomic E-state index is 13.8. The van der Waals surface area contributed by atoms with E-state index in [1.54, 1.807) is 6.07 Å². The highest BCUT2D eigenvalue weighted by molar-refractivity contribution is 7.91. The van der Waals surface area contributed by atoms with Gasteiger partial charge < -0.3 is 4.74 Å². The van der Waals surface area contributed by atoms with Crippen molar-refractivity contribution >= 4 is 20.7 Å². The summed E-state index contributed by atoms with van der Waals surface area (Å²) in [7, 11) is -2.50. The molecule has 154 valence electrons. The standard InChI is InChI=1S/C24H17FN2O3S/c1-15-8-17(11-19(9-15)30-2)24-21-7-6-18(25)12-22(21)27-14-23(24)31(28,29)20-5-3-4-16(10-20)13-26/h3-12,14H,1-2H3. The molecule has 1 aromatic heterocycles. The number of aromatic nitrogens is 1. The van der Waals surface area contributed by atoms with Crippen molar-refractivity contribution in [3.8, 4) is 22.9 Å². The first-order valence-corrected chi connectivity index (χ1v) is 10.8. The molecule has 0 aliphatic rings. The van der Waals surface area contributed by atoms with Crippen molar-refractivity contribution in [2.75, 3.05) is 7.11 Å². The summed E-state index contributed by atoms with van der Waals surface area (Å²) in [4.78, 5) is 4.16. The van der Waals surface area contributed by atoms with Crippen LogP contribution in [0, 0.1) is 24.1 Å². The number of pyridine rings is 1. The van der Waals surface area contributed by atoms with Crippen LogP contribution in [0.2, 0.25) is 0 Å². The lowest BCUT2D eigenvalue weighted by Crippen LogP contribution is -2.06. The zero-order valence-electron chi connectivity index (χ0n) is 16.8. The van der Waals surface area contributed by atoms with Crippen LogP contribution < -0.4 is 4.74 Å². The average Bonchev–Trinajstić information content (AvgIpc) is 2.77. The number of nitriles is 1. The van der Waals surface area contributed by atoms with Crippen molar-refractivity contribution < 1.29 is 17.5 Å². The fraction of sp³-hybridized carbons (Fsp3) is 0.0833. The maximum absolute atomic E-state index is 13.8. The highest BCUT2D eigenvalue weighted by atomic mass is 32.2. The molecule has 0 aliphatic carbocycles. The van der Waals surface area contributed by atoms with Crippen molar-refractivity contribution in [2.24, 2.45) is 0 Å². The molecule has 0 N–H and O–H groups in total. The van der Waals surface area contributed by atoms with Crippen molar-refractivity contribution in [3.05, 3.63) is 83.8 Å². The minimum Gasteiger partial charge on any atom is -0.497 e. The minimum absolute atomic E-state index is 0.0179. The zero-order valence-corrected chi connectivity index (χ0v) is 17.6. The van der Waals surface area contributed by atoms with Crippen molar-refractivity contribution in [1.29, 1.82) is 5.26 Å². The smallest absolute Gasteiger partial charge is 0.208 e. The quantitative estimate of drug-likeness (QED) is 0.450. The molecule has 0 fully saturated rings. The lowest BCUT2D eigenvalue weighted by Gasteiger charge is -2.15. The van der Waals surface area contributed by atoms with Gasteiger partial charge in [0.2, 0.25) is 9.84 Å². The molecule has 0 spiro atoms. The number of ether oxygens (including phenoxy) is 1. The summed E-state index contributed by atoms with van der Waals surface area (Å²) in [6.45, 7) is 1.87. The highest BCUT2D eigenvalue weighted by Gasteiger charge is 2.25. The molecule has 4 aromatic rings. The number of nitrogens with zero attached hydrogens (tertiary/aromatic N) is 2. The van der Waals surface area contributed by atoms with Crippen molar-refractivity contribution in [1.82, 2.24) is 4.98 Å². The summed E-state index contributed by atoms with van der Waals surface area (Å²) in [5.74, 6) is 0.0991. The molecule has 0 aliphatic heterocycles. The SMILES string of the molecule is COc1cc(C)cc(-c2c(S(=O)(=O)c3cccc(C#N)c3)cnc3cc(F)ccc23)c1. The fourth-order valence-corrected chi connectivity index (χ4v) is 5.00. The van der Waals surface area contributed by atoms with E-state index in [0.29, 0.717) is 27.8 Å². The summed E-state index contributed by atoms with van der Waals surface area (Å²) in [6, 6.07) is 17.2. The molecule has 4 rings (SSSR count). The Kier molecular flexibility index (Phi) is 5.17. The van der Waals surface area contributed by atoms with E-state index in [1.165, 1.54) is 55.8 Å². The molecular weight excluding hydrogens is 415 g/mol. The number of rotatable bonds is 4. The van der Waals surface area contributed by atoms with Crippen LogP contribution in [-0.2, 0) is 9.84 Å². The third kappa shape index (κ3) is 3.74. The number of halogens is 1. The average molecular weight is 432 g/mol. The van der Waals surface area contributed by atoms with Crippen LogP contribution in [0.15, 0.2) is 76.7 Å². The Balaban J connectivity index is 2.09. The molecule has 7 heteroatoms. The molecule has 0 saturated carbocycles. The van der Waals surface area contributed by atoms with Gasteiger partial charge in [-0.1, -0.05) is 12.1 Å². The Hall–Kier alpha value is -3.76. The summed E-state index contributed by atoms with van der Waals surface area (Å²) in [5, 5.41) is 9.67. The van der Waals surface area contributed by atoms with Gasteiger partial charge in [0, 0.05) is 23.2 Å². The number of hydrogen-bond donors (Lipinski definition) is 0. The normalized spacial score (nSPS) is 11.3. The first kappa shape index (κ1) is 20.5. The Labute approximate surface area is 179 Å². The number of fused-ring (bicyclic) bond motifs is 1. The van der Waals surface area contributed by atoms with E-state index in [-0.39, 0.29) is 15.4 Å². The van der Waals surface area contributed by atoms with E-state index in [1.807, 2.05) is 25.1 Å². The zero-order chi connectivity index (χ0) is 22.2. The molecule has 0 atom stereocenters. The number of sulfone groups is 1. The van der Waals surface area contributed by atoms with Gasteiger partial charge >= 0.3 is 0 Å². The highest BCUT2D eigenvalue weighted by Crippen LogP contribution is 2.38.